The molecule has 0 fully saturated rings. The highest BCUT2D eigenvalue weighted by Gasteiger charge is 2.24. The molecule has 1 heterocycles. The number of hydrogen-bond acceptors (Lipinski definition) is 3. The molecule has 3 rings (SSSR count). The fraction of sp³-hybridized carbons (Fsp3) is 0.400. The Kier molecular flexibility index (Phi) is 5.59. The summed E-state index contributed by atoms with van der Waals surface area (Å²) in [5.74, 6) is 0.396. The lowest BCUT2D eigenvalue weighted by Crippen LogP contribution is -2.34. The summed E-state index contributed by atoms with van der Waals surface area (Å²) in [6.45, 7) is 0.844. The van der Waals surface area contributed by atoms with Crippen LogP contribution in [0.3, 0.4) is 0 Å². The van der Waals surface area contributed by atoms with E-state index in [4.69, 9.17) is 0 Å². The molecule has 0 bridgehead atoms. The minimum absolute atomic E-state index is 0.0206. The predicted octanol–water partition coefficient (Wildman–Crippen LogP) is 2.91. The van der Waals surface area contributed by atoms with Crippen LogP contribution < -0.4 is 0 Å². The van der Waals surface area contributed by atoms with Gasteiger partial charge in [0.1, 0.15) is 0 Å². The van der Waals surface area contributed by atoms with E-state index < -0.39 is 0 Å². The van der Waals surface area contributed by atoms with Crippen LogP contribution in [0.1, 0.15) is 41.9 Å². The summed E-state index contributed by atoms with van der Waals surface area (Å²) >= 11 is 0. The van der Waals surface area contributed by atoms with E-state index in [0.717, 1.165) is 24.8 Å². The van der Waals surface area contributed by atoms with Gasteiger partial charge >= 0.3 is 0 Å². The Labute approximate surface area is 143 Å². The summed E-state index contributed by atoms with van der Waals surface area (Å²) in [7, 11) is 0. The van der Waals surface area contributed by atoms with Gasteiger partial charge in [-0.15, -0.1) is 0 Å². The van der Waals surface area contributed by atoms with Crippen LogP contribution in [-0.4, -0.2) is 34.0 Å². The molecule has 1 unspecified atom stereocenters. The zero-order chi connectivity index (χ0) is 16.8. The monoisotopic (exact) mass is 324 g/mol. The molecular formula is C20H24N2O2. The molecule has 4 heteroatoms. The first-order valence-corrected chi connectivity index (χ1v) is 8.63. The van der Waals surface area contributed by atoms with E-state index >= 15 is 0 Å². The van der Waals surface area contributed by atoms with Crippen LogP contribution in [0.2, 0.25) is 0 Å². The zero-order valence-electron chi connectivity index (χ0n) is 13.9. The SMILES string of the molecule is O=C(CC1CCCc2ccccc21)N(CCO)Cc1cccnc1. The second-order valence-electron chi connectivity index (χ2n) is 6.39. The van der Waals surface area contributed by atoms with Crippen LogP contribution in [-0.2, 0) is 17.8 Å². The number of hydrogen-bond donors (Lipinski definition) is 1. The average molecular weight is 324 g/mol. The van der Waals surface area contributed by atoms with E-state index in [-0.39, 0.29) is 18.4 Å². The minimum Gasteiger partial charge on any atom is -0.395 e. The van der Waals surface area contributed by atoms with Gasteiger partial charge in [0.2, 0.25) is 5.91 Å². The Morgan fingerprint density at radius 3 is 2.92 bits per heavy atom. The molecule has 0 aliphatic heterocycles. The molecule has 0 spiro atoms. The largest absolute Gasteiger partial charge is 0.395 e. The molecule has 1 aliphatic carbocycles. The Bertz CT molecular complexity index is 672. The zero-order valence-corrected chi connectivity index (χ0v) is 13.9. The van der Waals surface area contributed by atoms with Crippen molar-refractivity contribution in [1.29, 1.82) is 0 Å². The van der Waals surface area contributed by atoms with Gasteiger partial charge in [-0.3, -0.25) is 9.78 Å². The number of benzene rings is 1. The van der Waals surface area contributed by atoms with Crippen molar-refractivity contribution in [2.24, 2.45) is 0 Å². The number of carbonyl (C=O) groups excluding carboxylic acids is 1. The summed E-state index contributed by atoms with van der Waals surface area (Å²) in [6.07, 6.45) is 7.31. The number of carbonyl (C=O) groups is 1. The van der Waals surface area contributed by atoms with E-state index in [9.17, 15) is 9.90 Å². The topological polar surface area (TPSA) is 53.4 Å². The molecule has 4 nitrogen and oxygen atoms in total. The molecule has 126 valence electrons. The first kappa shape index (κ1) is 16.7. The minimum atomic E-state index is -0.0206. The van der Waals surface area contributed by atoms with Crippen LogP contribution in [0, 0.1) is 0 Å². The number of amides is 1. The van der Waals surface area contributed by atoms with Crippen LogP contribution in [0.15, 0.2) is 48.8 Å². The molecule has 2 aromatic rings. The second kappa shape index (κ2) is 8.06. The Morgan fingerprint density at radius 1 is 1.25 bits per heavy atom. The molecule has 0 saturated heterocycles. The molecule has 1 N–H and O–H groups in total. The summed E-state index contributed by atoms with van der Waals surface area (Å²) in [5.41, 5.74) is 3.69. The molecule has 0 saturated carbocycles. The van der Waals surface area contributed by atoms with Crippen molar-refractivity contribution in [2.45, 2.75) is 38.1 Å². The third-order valence-electron chi connectivity index (χ3n) is 4.73. The highest BCUT2D eigenvalue weighted by molar-refractivity contribution is 5.77. The van der Waals surface area contributed by atoms with Crippen molar-refractivity contribution in [3.05, 3.63) is 65.5 Å². The van der Waals surface area contributed by atoms with E-state index in [1.807, 2.05) is 12.1 Å². The Morgan fingerprint density at radius 2 is 2.12 bits per heavy atom. The third-order valence-corrected chi connectivity index (χ3v) is 4.73. The predicted molar refractivity (Wildman–Crippen MR) is 93.5 cm³/mol. The second-order valence-corrected chi connectivity index (χ2v) is 6.39. The van der Waals surface area contributed by atoms with Gasteiger partial charge in [0.25, 0.3) is 0 Å². The smallest absolute Gasteiger partial charge is 0.223 e. The number of aromatic nitrogens is 1. The van der Waals surface area contributed by atoms with Crippen LogP contribution in [0.25, 0.3) is 0 Å². The molecule has 1 aliphatic rings. The van der Waals surface area contributed by atoms with E-state index in [1.54, 1.807) is 17.3 Å². The normalized spacial score (nSPS) is 16.5. The van der Waals surface area contributed by atoms with Crippen molar-refractivity contribution in [2.75, 3.05) is 13.2 Å². The lowest BCUT2D eigenvalue weighted by molar-refractivity contribution is -0.132. The van der Waals surface area contributed by atoms with Gasteiger partial charge in [0.15, 0.2) is 0 Å². The number of rotatable bonds is 6. The highest BCUT2D eigenvalue weighted by Crippen LogP contribution is 2.34. The summed E-state index contributed by atoms with van der Waals surface area (Å²) in [6, 6.07) is 12.3. The molecule has 1 aromatic carbocycles. The van der Waals surface area contributed by atoms with Gasteiger partial charge in [0, 0.05) is 31.9 Å². The number of pyridine rings is 1. The summed E-state index contributed by atoms with van der Waals surface area (Å²) < 4.78 is 0. The molecule has 24 heavy (non-hydrogen) atoms. The first-order valence-electron chi connectivity index (χ1n) is 8.63. The van der Waals surface area contributed by atoms with Gasteiger partial charge in [0.05, 0.1) is 6.61 Å². The molecular weight excluding hydrogens is 300 g/mol. The van der Waals surface area contributed by atoms with Gasteiger partial charge in [-0.25, -0.2) is 0 Å². The van der Waals surface area contributed by atoms with Gasteiger partial charge in [-0.05, 0) is 47.9 Å². The van der Waals surface area contributed by atoms with Crippen molar-refractivity contribution < 1.29 is 9.90 Å². The van der Waals surface area contributed by atoms with Crippen molar-refractivity contribution in [1.82, 2.24) is 9.88 Å². The summed E-state index contributed by atoms with van der Waals surface area (Å²) in [5, 5.41) is 9.32. The number of aliphatic hydroxyl groups is 1. The molecule has 1 amide bonds. The maximum atomic E-state index is 12.8. The number of nitrogens with zero attached hydrogens (tertiary/aromatic N) is 2. The number of fused-ring (bicyclic) bond motifs is 1. The Hall–Kier alpha value is -2.20. The summed E-state index contributed by atoms with van der Waals surface area (Å²) in [4.78, 5) is 18.7. The standard InChI is InChI=1S/C20H24N2O2/c23-12-11-22(15-16-5-4-10-21-14-16)20(24)13-18-8-3-7-17-6-1-2-9-19(17)18/h1-2,4-6,9-10,14,18,23H,3,7-8,11-13,15H2. The van der Waals surface area contributed by atoms with E-state index in [1.165, 1.54) is 11.1 Å². The average Bonchev–Trinajstić information content (AvgIpc) is 2.62. The van der Waals surface area contributed by atoms with Gasteiger partial charge in [-0.1, -0.05) is 30.3 Å². The maximum Gasteiger partial charge on any atom is 0.223 e. The van der Waals surface area contributed by atoms with Crippen LogP contribution in [0.5, 0.6) is 0 Å². The molecule has 1 aromatic heterocycles. The number of aryl methyl sites for hydroxylation is 1. The first-order chi connectivity index (χ1) is 11.8. The lowest BCUT2D eigenvalue weighted by Gasteiger charge is -2.28. The van der Waals surface area contributed by atoms with Crippen molar-refractivity contribution >= 4 is 5.91 Å². The van der Waals surface area contributed by atoms with E-state index in [2.05, 4.69) is 29.2 Å². The lowest BCUT2D eigenvalue weighted by atomic mass is 9.81. The van der Waals surface area contributed by atoms with Crippen molar-refractivity contribution in [3.8, 4) is 0 Å². The quantitative estimate of drug-likeness (QED) is 0.889. The fourth-order valence-electron chi connectivity index (χ4n) is 3.53. The van der Waals surface area contributed by atoms with Gasteiger partial charge in [-0.2, -0.15) is 0 Å². The van der Waals surface area contributed by atoms with Crippen LogP contribution in [0.4, 0.5) is 0 Å². The van der Waals surface area contributed by atoms with E-state index in [0.29, 0.717) is 19.5 Å². The maximum absolute atomic E-state index is 12.8. The third kappa shape index (κ3) is 4.01. The molecule has 0 radical (unpaired) electrons. The van der Waals surface area contributed by atoms with Gasteiger partial charge < -0.3 is 10.0 Å². The van der Waals surface area contributed by atoms with Crippen LogP contribution >= 0.6 is 0 Å². The molecule has 1 atom stereocenters. The Balaban J connectivity index is 1.70. The highest BCUT2D eigenvalue weighted by atomic mass is 16.3. The fourth-order valence-corrected chi connectivity index (χ4v) is 3.53. The van der Waals surface area contributed by atoms with Crippen molar-refractivity contribution in [3.63, 3.8) is 0 Å². The number of aliphatic hydroxyl groups excluding tert-OH is 1.